The highest BCUT2D eigenvalue weighted by Crippen LogP contribution is 2.35. The maximum atomic E-state index is 5.85. The number of methoxy groups -OCH3 is 1. The molecule has 0 radical (unpaired) electrons. The van der Waals surface area contributed by atoms with Crippen molar-refractivity contribution in [3.63, 3.8) is 0 Å². The molecule has 3 rings (SSSR count). The van der Waals surface area contributed by atoms with E-state index in [1.54, 1.807) is 18.9 Å². The second-order valence-corrected chi connectivity index (χ2v) is 7.34. The molecule has 1 atom stereocenters. The average molecular weight is 373 g/mol. The van der Waals surface area contributed by atoms with Crippen LogP contribution >= 0.6 is 11.8 Å². The third-order valence-electron chi connectivity index (χ3n) is 3.84. The summed E-state index contributed by atoms with van der Waals surface area (Å²) in [6.45, 7) is 3.39. The number of anilines is 2. The number of hydrogen-bond donors (Lipinski definition) is 1. The first-order chi connectivity index (χ1) is 12.5. The number of nitrogens with two attached hydrogens (primary N) is 1. The van der Waals surface area contributed by atoms with E-state index in [-0.39, 0.29) is 11.2 Å². The summed E-state index contributed by atoms with van der Waals surface area (Å²) in [4.78, 5) is 19.6. The van der Waals surface area contributed by atoms with E-state index in [0.29, 0.717) is 18.4 Å². The minimum Gasteiger partial charge on any atom is -0.383 e. The third-order valence-corrected chi connectivity index (χ3v) is 4.93. The molecular formula is C17H23N7OS. The molecule has 0 saturated heterocycles. The molecule has 0 aliphatic carbocycles. The molecule has 8 nitrogen and oxygen atoms in total. The standard InChI is InChI=1S/C17H23N7OS/c1-11(14-20-15(18)22-16(21-14)23(2)3)26-17-19-12-7-5-6-8-13(12)24(17)9-10-25-4/h5-8,11H,9-10H2,1-4H3,(H2,18,20,21,22)/t11-/m1/s1. The topological polar surface area (TPSA) is 95.0 Å². The first kappa shape index (κ1) is 18.4. The number of para-hydroxylation sites is 2. The maximum Gasteiger partial charge on any atom is 0.229 e. The Bertz CT molecular complexity index is 896. The number of aromatic nitrogens is 5. The molecule has 9 heteroatoms. The highest BCUT2D eigenvalue weighted by Gasteiger charge is 2.19. The number of imidazole rings is 1. The molecule has 0 spiro atoms. The molecule has 0 bridgehead atoms. The van der Waals surface area contributed by atoms with Crippen molar-refractivity contribution in [2.45, 2.75) is 23.9 Å². The van der Waals surface area contributed by atoms with Crippen LogP contribution in [-0.2, 0) is 11.3 Å². The number of benzene rings is 1. The predicted molar refractivity (Wildman–Crippen MR) is 104 cm³/mol. The first-order valence-corrected chi connectivity index (χ1v) is 9.17. The van der Waals surface area contributed by atoms with Gasteiger partial charge in [0.15, 0.2) is 5.16 Å². The van der Waals surface area contributed by atoms with E-state index in [2.05, 4.69) is 25.6 Å². The maximum absolute atomic E-state index is 5.85. The Hall–Kier alpha value is -2.39. The Morgan fingerprint density at radius 2 is 1.96 bits per heavy atom. The highest BCUT2D eigenvalue weighted by atomic mass is 32.2. The van der Waals surface area contributed by atoms with Gasteiger partial charge in [-0.3, -0.25) is 0 Å². The van der Waals surface area contributed by atoms with Crippen LogP contribution in [0.1, 0.15) is 18.0 Å². The summed E-state index contributed by atoms with van der Waals surface area (Å²) >= 11 is 1.60. The molecule has 0 unspecified atom stereocenters. The SMILES string of the molecule is COCCn1c(S[C@H](C)c2nc(N)nc(N(C)C)n2)nc2ccccc21. The van der Waals surface area contributed by atoms with Gasteiger partial charge in [0.2, 0.25) is 11.9 Å². The molecule has 2 N–H and O–H groups in total. The lowest BCUT2D eigenvalue weighted by molar-refractivity contribution is 0.186. The van der Waals surface area contributed by atoms with Crippen molar-refractivity contribution >= 4 is 34.7 Å². The van der Waals surface area contributed by atoms with Crippen molar-refractivity contribution in [3.8, 4) is 0 Å². The zero-order valence-electron chi connectivity index (χ0n) is 15.4. The Labute approximate surface area is 156 Å². The summed E-state index contributed by atoms with van der Waals surface area (Å²) in [6, 6.07) is 8.08. The van der Waals surface area contributed by atoms with Gasteiger partial charge in [-0.2, -0.15) is 15.0 Å². The van der Waals surface area contributed by atoms with Gasteiger partial charge in [-0.25, -0.2) is 4.98 Å². The minimum atomic E-state index is -0.0305. The van der Waals surface area contributed by atoms with E-state index in [1.807, 2.05) is 44.1 Å². The fraction of sp³-hybridized carbons (Fsp3) is 0.412. The largest absolute Gasteiger partial charge is 0.383 e. The van der Waals surface area contributed by atoms with Crippen molar-refractivity contribution in [2.24, 2.45) is 0 Å². The van der Waals surface area contributed by atoms with Gasteiger partial charge in [0.25, 0.3) is 0 Å². The van der Waals surface area contributed by atoms with Crippen molar-refractivity contribution in [1.82, 2.24) is 24.5 Å². The number of rotatable bonds is 7. The molecule has 0 amide bonds. The molecule has 0 saturated carbocycles. The Kier molecular flexibility index (Phi) is 5.58. The zero-order valence-corrected chi connectivity index (χ0v) is 16.2. The van der Waals surface area contributed by atoms with E-state index in [0.717, 1.165) is 22.7 Å². The fourth-order valence-corrected chi connectivity index (χ4v) is 3.53. The van der Waals surface area contributed by atoms with Gasteiger partial charge in [-0.15, -0.1) is 0 Å². The van der Waals surface area contributed by atoms with Crippen LogP contribution in [0.2, 0.25) is 0 Å². The van der Waals surface area contributed by atoms with E-state index >= 15 is 0 Å². The van der Waals surface area contributed by atoms with E-state index in [4.69, 9.17) is 15.5 Å². The van der Waals surface area contributed by atoms with Gasteiger partial charge in [0.1, 0.15) is 5.82 Å². The molecule has 0 fully saturated rings. The highest BCUT2D eigenvalue weighted by molar-refractivity contribution is 7.99. The second kappa shape index (κ2) is 7.88. The van der Waals surface area contributed by atoms with Crippen molar-refractivity contribution in [2.75, 3.05) is 38.4 Å². The van der Waals surface area contributed by atoms with Gasteiger partial charge >= 0.3 is 0 Å². The van der Waals surface area contributed by atoms with E-state index < -0.39 is 0 Å². The van der Waals surface area contributed by atoms with Crippen molar-refractivity contribution in [3.05, 3.63) is 30.1 Å². The molecule has 1 aromatic carbocycles. The minimum absolute atomic E-state index is 0.0305. The Balaban J connectivity index is 1.93. The number of ether oxygens (including phenoxy) is 1. The molecule has 3 aromatic rings. The number of nitrogen functional groups attached to an aromatic ring is 1. The number of nitrogens with zero attached hydrogens (tertiary/aromatic N) is 6. The lowest BCUT2D eigenvalue weighted by Crippen LogP contribution is -2.16. The number of hydrogen-bond acceptors (Lipinski definition) is 8. The molecule has 2 aromatic heterocycles. The number of thioether (sulfide) groups is 1. The molecular weight excluding hydrogens is 350 g/mol. The van der Waals surface area contributed by atoms with Gasteiger partial charge in [-0.05, 0) is 19.1 Å². The summed E-state index contributed by atoms with van der Waals surface area (Å²) < 4.78 is 7.42. The van der Waals surface area contributed by atoms with E-state index in [9.17, 15) is 0 Å². The first-order valence-electron chi connectivity index (χ1n) is 8.29. The van der Waals surface area contributed by atoms with Crippen LogP contribution < -0.4 is 10.6 Å². The van der Waals surface area contributed by atoms with Crippen LogP contribution in [0.4, 0.5) is 11.9 Å². The summed E-state index contributed by atoms with van der Waals surface area (Å²) in [7, 11) is 5.45. The normalized spacial score (nSPS) is 12.5. The molecule has 0 aliphatic heterocycles. The summed E-state index contributed by atoms with van der Waals surface area (Å²) in [5.41, 5.74) is 7.90. The molecule has 138 valence electrons. The van der Waals surface area contributed by atoms with Gasteiger partial charge in [0.05, 0.1) is 22.9 Å². The van der Waals surface area contributed by atoms with Gasteiger partial charge < -0.3 is 19.9 Å². The fourth-order valence-electron chi connectivity index (χ4n) is 2.53. The Morgan fingerprint density at radius 1 is 1.19 bits per heavy atom. The summed E-state index contributed by atoms with van der Waals surface area (Å²) in [5.74, 6) is 1.41. The van der Waals surface area contributed by atoms with Crippen molar-refractivity contribution < 1.29 is 4.74 Å². The van der Waals surface area contributed by atoms with Crippen LogP contribution in [-0.4, -0.2) is 52.3 Å². The molecule has 26 heavy (non-hydrogen) atoms. The predicted octanol–water partition coefficient (Wildman–Crippen LogP) is 2.37. The molecule has 2 heterocycles. The smallest absolute Gasteiger partial charge is 0.229 e. The third kappa shape index (κ3) is 3.88. The van der Waals surface area contributed by atoms with Crippen LogP contribution in [0.25, 0.3) is 11.0 Å². The average Bonchev–Trinajstić information content (AvgIpc) is 2.96. The lowest BCUT2D eigenvalue weighted by Gasteiger charge is -2.15. The van der Waals surface area contributed by atoms with Crippen molar-refractivity contribution in [1.29, 1.82) is 0 Å². The van der Waals surface area contributed by atoms with Crippen LogP contribution in [0.3, 0.4) is 0 Å². The van der Waals surface area contributed by atoms with Crippen LogP contribution in [0.5, 0.6) is 0 Å². The summed E-state index contributed by atoms with van der Waals surface area (Å²) in [6.07, 6.45) is 0. The second-order valence-electron chi connectivity index (χ2n) is 6.03. The zero-order chi connectivity index (χ0) is 18.7. The van der Waals surface area contributed by atoms with Gasteiger partial charge in [-0.1, -0.05) is 23.9 Å². The Morgan fingerprint density at radius 3 is 2.69 bits per heavy atom. The summed E-state index contributed by atoms with van der Waals surface area (Å²) in [5, 5.41) is 0.873. The molecule has 0 aliphatic rings. The number of fused-ring (bicyclic) bond motifs is 1. The quantitative estimate of drug-likeness (QED) is 0.631. The van der Waals surface area contributed by atoms with Crippen LogP contribution in [0, 0.1) is 0 Å². The van der Waals surface area contributed by atoms with Gasteiger partial charge in [0, 0.05) is 27.7 Å². The van der Waals surface area contributed by atoms with Crippen LogP contribution in [0.15, 0.2) is 29.4 Å². The monoisotopic (exact) mass is 373 g/mol. The lowest BCUT2D eigenvalue weighted by atomic mass is 10.3. The van der Waals surface area contributed by atoms with E-state index in [1.165, 1.54) is 0 Å².